The van der Waals surface area contributed by atoms with Gasteiger partial charge in [-0.05, 0) is 55.8 Å². The summed E-state index contributed by atoms with van der Waals surface area (Å²) in [5.41, 5.74) is 1.57. The molecule has 144 valence electrons. The van der Waals surface area contributed by atoms with Gasteiger partial charge >= 0.3 is 0 Å². The van der Waals surface area contributed by atoms with E-state index in [2.05, 4.69) is 4.98 Å². The average molecular weight is 423 g/mol. The number of nitrogens with zero attached hydrogens (tertiary/aromatic N) is 3. The van der Waals surface area contributed by atoms with E-state index < -0.39 is 11.8 Å². The lowest BCUT2D eigenvalue weighted by molar-refractivity contribution is -0.140. The van der Waals surface area contributed by atoms with E-state index in [1.54, 1.807) is 32.1 Å². The lowest BCUT2D eigenvalue weighted by atomic mass is 9.95. The van der Waals surface area contributed by atoms with Crippen molar-refractivity contribution in [1.29, 1.82) is 5.26 Å². The molecule has 3 heterocycles. The maximum atomic E-state index is 13.1. The van der Waals surface area contributed by atoms with E-state index in [0.717, 1.165) is 29.9 Å². The SMILES string of the molecule is CCN1C(=O)C(C#N)=C(C)/C(=C/c2cc3sc(-c4ccc(F)cc4)nc3s2)C1=O. The predicted octanol–water partition coefficient (Wildman–Crippen LogP) is 4.78. The fourth-order valence-corrected chi connectivity index (χ4v) is 5.27. The second kappa shape index (κ2) is 7.35. The summed E-state index contributed by atoms with van der Waals surface area (Å²) in [6.45, 7) is 3.52. The Labute approximate surface area is 174 Å². The summed E-state index contributed by atoms with van der Waals surface area (Å²) >= 11 is 2.90. The van der Waals surface area contributed by atoms with Crippen LogP contribution in [0.3, 0.4) is 0 Å². The van der Waals surface area contributed by atoms with Crippen molar-refractivity contribution in [2.75, 3.05) is 6.54 Å². The number of rotatable bonds is 3. The minimum atomic E-state index is -0.549. The van der Waals surface area contributed by atoms with Crippen LogP contribution >= 0.6 is 22.7 Å². The number of aromatic nitrogens is 1. The molecule has 5 nitrogen and oxygen atoms in total. The fraction of sp³-hybridized carbons (Fsp3) is 0.143. The summed E-state index contributed by atoms with van der Waals surface area (Å²) < 4.78 is 14.1. The molecule has 0 radical (unpaired) electrons. The number of fused-ring (bicyclic) bond motifs is 1. The Morgan fingerprint density at radius 1 is 1.21 bits per heavy atom. The molecular formula is C21H14FN3O2S2. The van der Waals surface area contributed by atoms with E-state index in [0.29, 0.717) is 11.1 Å². The van der Waals surface area contributed by atoms with Gasteiger partial charge < -0.3 is 0 Å². The molecule has 2 aromatic heterocycles. The molecule has 0 atom stereocenters. The van der Waals surface area contributed by atoms with Crippen LogP contribution in [0.5, 0.6) is 0 Å². The number of carbonyl (C=O) groups excluding carboxylic acids is 2. The molecule has 0 spiro atoms. The molecule has 1 aliphatic heterocycles. The van der Waals surface area contributed by atoms with Gasteiger partial charge in [-0.2, -0.15) is 5.26 Å². The quantitative estimate of drug-likeness (QED) is 0.449. The number of hydrogen-bond donors (Lipinski definition) is 0. The van der Waals surface area contributed by atoms with Crippen LogP contribution in [0.4, 0.5) is 4.39 Å². The molecule has 0 unspecified atom stereocenters. The van der Waals surface area contributed by atoms with Crippen LogP contribution in [0.25, 0.3) is 26.2 Å². The Bertz CT molecular complexity index is 1230. The number of imide groups is 1. The van der Waals surface area contributed by atoms with Crippen LogP contribution in [-0.4, -0.2) is 28.2 Å². The van der Waals surface area contributed by atoms with E-state index >= 15 is 0 Å². The van der Waals surface area contributed by atoms with Gasteiger partial charge in [0, 0.05) is 22.6 Å². The highest BCUT2D eigenvalue weighted by atomic mass is 32.1. The minimum absolute atomic E-state index is 0.00668. The Morgan fingerprint density at radius 3 is 2.55 bits per heavy atom. The lowest BCUT2D eigenvalue weighted by Crippen LogP contribution is -2.42. The molecule has 0 fully saturated rings. The van der Waals surface area contributed by atoms with Gasteiger partial charge in [0.25, 0.3) is 11.8 Å². The fourth-order valence-electron chi connectivity index (χ4n) is 3.10. The highest BCUT2D eigenvalue weighted by molar-refractivity contribution is 7.29. The predicted molar refractivity (Wildman–Crippen MR) is 112 cm³/mol. The van der Waals surface area contributed by atoms with Crippen molar-refractivity contribution in [3.05, 3.63) is 57.7 Å². The Hall–Kier alpha value is -3.15. The minimum Gasteiger partial charge on any atom is -0.274 e. The van der Waals surface area contributed by atoms with E-state index in [9.17, 15) is 19.2 Å². The molecule has 1 aliphatic rings. The van der Waals surface area contributed by atoms with Crippen molar-refractivity contribution in [3.63, 3.8) is 0 Å². The maximum Gasteiger partial charge on any atom is 0.271 e. The number of thiophene rings is 1. The molecule has 0 aliphatic carbocycles. The normalized spacial score (nSPS) is 16.2. The third kappa shape index (κ3) is 3.28. The van der Waals surface area contributed by atoms with Gasteiger partial charge in [0.05, 0.1) is 4.70 Å². The molecular weight excluding hydrogens is 409 g/mol. The van der Waals surface area contributed by atoms with Gasteiger partial charge in [-0.1, -0.05) is 0 Å². The Kier molecular flexibility index (Phi) is 4.86. The molecule has 0 N–H and O–H groups in total. The number of hydrogen-bond acceptors (Lipinski definition) is 6. The molecule has 0 saturated carbocycles. The number of carbonyl (C=O) groups is 2. The zero-order chi connectivity index (χ0) is 20.7. The summed E-state index contributed by atoms with van der Waals surface area (Å²) in [5, 5.41) is 10.1. The zero-order valence-corrected chi connectivity index (χ0v) is 17.2. The smallest absolute Gasteiger partial charge is 0.271 e. The van der Waals surface area contributed by atoms with Crippen molar-refractivity contribution < 1.29 is 14.0 Å². The van der Waals surface area contributed by atoms with E-state index in [4.69, 9.17) is 0 Å². The van der Waals surface area contributed by atoms with E-state index in [1.165, 1.54) is 34.8 Å². The molecule has 0 saturated heterocycles. The molecule has 3 aromatic rings. The lowest BCUT2D eigenvalue weighted by Gasteiger charge is -2.26. The first-order valence-corrected chi connectivity index (χ1v) is 10.4. The van der Waals surface area contributed by atoms with Crippen LogP contribution in [0.15, 0.2) is 47.1 Å². The summed E-state index contributed by atoms with van der Waals surface area (Å²) in [6, 6.07) is 10.0. The largest absolute Gasteiger partial charge is 0.274 e. The van der Waals surface area contributed by atoms with Crippen molar-refractivity contribution in [2.24, 2.45) is 0 Å². The van der Waals surface area contributed by atoms with Crippen LogP contribution in [0.1, 0.15) is 18.7 Å². The summed E-state index contributed by atoms with van der Waals surface area (Å²) in [7, 11) is 0. The van der Waals surface area contributed by atoms with Gasteiger partial charge in [-0.15, -0.1) is 22.7 Å². The average Bonchev–Trinajstić information content (AvgIpc) is 3.25. The topological polar surface area (TPSA) is 74.1 Å². The summed E-state index contributed by atoms with van der Waals surface area (Å²) in [4.78, 5) is 32.3. The van der Waals surface area contributed by atoms with Crippen molar-refractivity contribution in [3.8, 4) is 16.6 Å². The first-order valence-electron chi connectivity index (χ1n) is 8.78. The molecule has 2 amide bonds. The number of likely N-dealkylation sites (N-methyl/N-ethyl adjacent to an activating group) is 1. The number of amides is 2. The Morgan fingerprint density at radius 2 is 1.93 bits per heavy atom. The second-order valence-corrected chi connectivity index (χ2v) is 8.46. The highest BCUT2D eigenvalue weighted by Crippen LogP contribution is 2.37. The van der Waals surface area contributed by atoms with Crippen LogP contribution in [0, 0.1) is 17.1 Å². The maximum absolute atomic E-state index is 13.1. The highest BCUT2D eigenvalue weighted by Gasteiger charge is 2.34. The van der Waals surface area contributed by atoms with Gasteiger partial charge in [0.2, 0.25) is 0 Å². The van der Waals surface area contributed by atoms with Crippen molar-refractivity contribution in [1.82, 2.24) is 9.88 Å². The van der Waals surface area contributed by atoms with Gasteiger partial charge in [0.1, 0.15) is 27.3 Å². The third-order valence-electron chi connectivity index (χ3n) is 4.63. The second-order valence-electron chi connectivity index (χ2n) is 6.37. The monoisotopic (exact) mass is 423 g/mol. The van der Waals surface area contributed by atoms with E-state index in [1.807, 2.05) is 12.1 Å². The molecule has 8 heteroatoms. The first kappa shape index (κ1) is 19.2. The van der Waals surface area contributed by atoms with Crippen LogP contribution in [0.2, 0.25) is 0 Å². The Balaban J connectivity index is 1.74. The molecule has 0 bridgehead atoms. The number of benzene rings is 1. The first-order chi connectivity index (χ1) is 13.9. The molecule has 1 aromatic carbocycles. The molecule has 29 heavy (non-hydrogen) atoms. The van der Waals surface area contributed by atoms with Gasteiger partial charge in [0.15, 0.2) is 0 Å². The van der Waals surface area contributed by atoms with Crippen LogP contribution in [-0.2, 0) is 9.59 Å². The number of halogens is 1. The number of thiazole rings is 1. The van der Waals surface area contributed by atoms with Gasteiger partial charge in [-0.25, -0.2) is 9.37 Å². The third-order valence-corrected chi connectivity index (χ3v) is 6.78. The van der Waals surface area contributed by atoms with Crippen molar-refractivity contribution in [2.45, 2.75) is 13.8 Å². The molecule has 4 rings (SSSR count). The zero-order valence-electron chi connectivity index (χ0n) is 15.5. The summed E-state index contributed by atoms with van der Waals surface area (Å²) in [6.07, 6.45) is 1.71. The standard InChI is InChI=1S/C21H14FN3O2S2/c1-3-25-20(26)15(11(2)16(10-23)21(25)27)8-14-9-17-19(28-14)24-18(29-17)12-4-6-13(22)7-5-12/h4-9H,3H2,1-2H3/b15-8-. The van der Waals surface area contributed by atoms with Gasteiger partial charge in [-0.3, -0.25) is 14.5 Å². The van der Waals surface area contributed by atoms with Crippen LogP contribution < -0.4 is 0 Å². The van der Waals surface area contributed by atoms with E-state index in [-0.39, 0.29) is 17.9 Å². The number of nitriles is 1. The summed E-state index contributed by atoms with van der Waals surface area (Å²) in [5.74, 6) is -1.24. The van der Waals surface area contributed by atoms with Crippen molar-refractivity contribution >= 4 is 50.1 Å².